The lowest BCUT2D eigenvalue weighted by molar-refractivity contribution is -0.114. The van der Waals surface area contributed by atoms with Gasteiger partial charge in [0.1, 0.15) is 5.82 Å². The van der Waals surface area contributed by atoms with Crippen LogP contribution < -0.4 is 4.90 Å². The maximum absolute atomic E-state index is 13.2. The van der Waals surface area contributed by atoms with Crippen LogP contribution in [0, 0.1) is 19.7 Å². The average molecular weight is 283 g/mol. The highest BCUT2D eigenvalue weighted by molar-refractivity contribution is 6.52. The molecule has 21 heavy (non-hydrogen) atoms. The van der Waals surface area contributed by atoms with Gasteiger partial charge >= 0.3 is 0 Å². The number of fused-ring (bicyclic) bond motifs is 1. The lowest BCUT2D eigenvalue weighted by Crippen LogP contribution is -2.29. The van der Waals surface area contributed by atoms with E-state index in [9.17, 15) is 14.0 Å². The third kappa shape index (κ3) is 2.23. The summed E-state index contributed by atoms with van der Waals surface area (Å²) in [6.07, 6.45) is 0. The summed E-state index contributed by atoms with van der Waals surface area (Å²) in [5.41, 5.74) is 3.86. The Morgan fingerprint density at radius 3 is 2.48 bits per heavy atom. The molecular weight excluding hydrogens is 269 g/mol. The number of aryl methyl sites for hydroxylation is 2. The zero-order chi connectivity index (χ0) is 15.1. The van der Waals surface area contributed by atoms with Crippen molar-refractivity contribution in [1.29, 1.82) is 0 Å². The lowest BCUT2D eigenvalue weighted by Gasteiger charge is -2.17. The molecule has 4 heteroatoms. The summed E-state index contributed by atoms with van der Waals surface area (Å²) in [7, 11) is 0. The molecule has 106 valence electrons. The van der Waals surface area contributed by atoms with Crippen molar-refractivity contribution in [3.63, 3.8) is 0 Å². The predicted octanol–water partition coefficient (Wildman–Crippen LogP) is 3.17. The molecule has 0 radical (unpaired) electrons. The van der Waals surface area contributed by atoms with Gasteiger partial charge in [-0.2, -0.15) is 0 Å². The molecule has 0 bridgehead atoms. The number of amides is 1. The van der Waals surface area contributed by atoms with Gasteiger partial charge in [-0.3, -0.25) is 9.59 Å². The van der Waals surface area contributed by atoms with Crippen LogP contribution in [0.3, 0.4) is 0 Å². The Kier molecular flexibility index (Phi) is 3.09. The SMILES string of the molecule is Cc1ccc(CN2C(=O)C(=O)c3cc(F)ccc32)cc1C. The van der Waals surface area contributed by atoms with Crippen LogP contribution in [-0.2, 0) is 11.3 Å². The van der Waals surface area contributed by atoms with E-state index in [1.807, 2.05) is 32.0 Å². The maximum atomic E-state index is 13.2. The molecule has 2 aromatic rings. The molecule has 0 aliphatic carbocycles. The molecule has 0 saturated carbocycles. The highest BCUT2D eigenvalue weighted by Crippen LogP contribution is 2.31. The van der Waals surface area contributed by atoms with Crippen LogP contribution in [0.1, 0.15) is 27.0 Å². The Bertz CT molecular complexity index is 767. The van der Waals surface area contributed by atoms with Crippen molar-refractivity contribution in [2.75, 3.05) is 4.90 Å². The molecule has 1 amide bonds. The number of hydrogen-bond donors (Lipinski definition) is 0. The van der Waals surface area contributed by atoms with Crippen LogP contribution in [-0.4, -0.2) is 11.7 Å². The second-order valence-electron chi connectivity index (χ2n) is 5.30. The molecule has 1 heterocycles. The van der Waals surface area contributed by atoms with E-state index >= 15 is 0 Å². The Morgan fingerprint density at radius 1 is 1.00 bits per heavy atom. The summed E-state index contributed by atoms with van der Waals surface area (Å²) in [6, 6.07) is 9.78. The van der Waals surface area contributed by atoms with Crippen LogP contribution in [0.4, 0.5) is 10.1 Å². The zero-order valence-corrected chi connectivity index (χ0v) is 11.8. The number of carbonyl (C=O) groups is 2. The molecule has 0 unspecified atom stereocenters. The van der Waals surface area contributed by atoms with Gasteiger partial charge in [0.15, 0.2) is 0 Å². The Hall–Kier alpha value is -2.49. The van der Waals surface area contributed by atoms with E-state index in [2.05, 4.69) is 0 Å². The van der Waals surface area contributed by atoms with Gasteiger partial charge in [0.2, 0.25) is 0 Å². The van der Waals surface area contributed by atoms with Crippen molar-refractivity contribution in [3.05, 3.63) is 64.5 Å². The number of ketones is 1. The van der Waals surface area contributed by atoms with Crippen molar-refractivity contribution in [2.24, 2.45) is 0 Å². The van der Waals surface area contributed by atoms with E-state index in [1.54, 1.807) is 0 Å². The highest BCUT2D eigenvalue weighted by Gasteiger charge is 2.35. The number of halogens is 1. The molecule has 3 nitrogen and oxygen atoms in total. The topological polar surface area (TPSA) is 37.4 Å². The second-order valence-corrected chi connectivity index (χ2v) is 5.30. The Morgan fingerprint density at radius 2 is 1.76 bits per heavy atom. The first-order valence-corrected chi connectivity index (χ1v) is 6.69. The summed E-state index contributed by atoms with van der Waals surface area (Å²) in [5.74, 6) is -1.76. The van der Waals surface area contributed by atoms with E-state index < -0.39 is 17.5 Å². The molecule has 0 N–H and O–H groups in total. The van der Waals surface area contributed by atoms with E-state index in [-0.39, 0.29) is 5.56 Å². The van der Waals surface area contributed by atoms with E-state index in [0.29, 0.717) is 12.2 Å². The minimum absolute atomic E-state index is 0.142. The van der Waals surface area contributed by atoms with Gasteiger partial charge < -0.3 is 4.90 Å². The van der Waals surface area contributed by atoms with Crippen molar-refractivity contribution < 1.29 is 14.0 Å². The Labute approximate surface area is 122 Å². The van der Waals surface area contributed by atoms with Gasteiger partial charge in [-0.25, -0.2) is 4.39 Å². The standard InChI is InChI=1S/C17H14FNO2/c1-10-3-4-12(7-11(10)2)9-19-15-6-5-13(18)8-14(15)16(20)17(19)21/h3-8H,9H2,1-2H3. The maximum Gasteiger partial charge on any atom is 0.299 e. The summed E-state index contributed by atoms with van der Waals surface area (Å²) in [5, 5.41) is 0. The molecule has 1 aliphatic rings. The van der Waals surface area contributed by atoms with E-state index in [0.717, 1.165) is 17.2 Å². The quantitative estimate of drug-likeness (QED) is 0.794. The van der Waals surface area contributed by atoms with Crippen molar-refractivity contribution in [1.82, 2.24) is 0 Å². The third-order valence-electron chi connectivity index (χ3n) is 3.85. The first kappa shape index (κ1) is 13.5. The number of rotatable bonds is 2. The number of hydrogen-bond acceptors (Lipinski definition) is 2. The number of benzene rings is 2. The van der Waals surface area contributed by atoms with Gasteiger partial charge in [0.25, 0.3) is 11.7 Å². The summed E-state index contributed by atoms with van der Waals surface area (Å²) in [4.78, 5) is 25.4. The van der Waals surface area contributed by atoms with E-state index in [4.69, 9.17) is 0 Å². The van der Waals surface area contributed by atoms with Crippen molar-refractivity contribution >= 4 is 17.4 Å². The first-order valence-electron chi connectivity index (χ1n) is 6.69. The van der Waals surface area contributed by atoms with Crippen LogP contribution in [0.5, 0.6) is 0 Å². The van der Waals surface area contributed by atoms with Gasteiger partial charge in [0.05, 0.1) is 17.8 Å². The van der Waals surface area contributed by atoms with Gasteiger partial charge in [-0.1, -0.05) is 18.2 Å². The molecule has 2 aromatic carbocycles. The fourth-order valence-electron chi connectivity index (χ4n) is 2.51. The minimum atomic E-state index is -0.645. The largest absolute Gasteiger partial charge is 0.300 e. The number of Topliss-reactive ketones (excluding diaryl/α,β-unsaturated/α-hetero) is 1. The summed E-state index contributed by atoms with van der Waals surface area (Å²) < 4.78 is 13.2. The number of nitrogens with zero attached hydrogens (tertiary/aromatic N) is 1. The fourth-order valence-corrected chi connectivity index (χ4v) is 2.51. The molecule has 0 atom stereocenters. The highest BCUT2D eigenvalue weighted by atomic mass is 19.1. The van der Waals surface area contributed by atoms with Crippen molar-refractivity contribution in [2.45, 2.75) is 20.4 Å². The van der Waals surface area contributed by atoms with Gasteiger partial charge in [-0.15, -0.1) is 0 Å². The molecule has 0 aromatic heterocycles. The summed E-state index contributed by atoms with van der Waals surface area (Å²) >= 11 is 0. The summed E-state index contributed by atoms with van der Waals surface area (Å²) in [6.45, 7) is 4.32. The molecule has 0 saturated heterocycles. The molecule has 0 fully saturated rings. The van der Waals surface area contributed by atoms with Gasteiger partial charge in [-0.05, 0) is 48.7 Å². The van der Waals surface area contributed by atoms with Crippen LogP contribution in [0.15, 0.2) is 36.4 Å². The number of anilines is 1. The smallest absolute Gasteiger partial charge is 0.299 e. The van der Waals surface area contributed by atoms with Crippen LogP contribution in [0.2, 0.25) is 0 Å². The lowest BCUT2D eigenvalue weighted by atomic mass is 10.1. The monoisotopic (exact) mass is 283 g/mol. The van der Waals surface area contributed by atoms with Crippen LogP contribution in [0.25, 0.3) is 0 Å². The van der Waals surface area contributed by atoms with Crippen LogP contribution >= 0.6 is 0 Å². The molecule has 3 rings (SSSR count). The predicted molar refractivity (Wildman–Crippen MR) is 77.8 cm³/mol. The van der Waals surface area contributed by atoms with E-state index in [1.165, 1.54) is 22.6 Å². The van der Waals surface area contributed by atoms with Crippen molar-refractivity contribution in [3.8, 4) is 0 Å². The average Bonchev–Trinajstić information content (AvgIpc) is 2.68. The third-order valence-corrected chi connectivity index (χ3v) is 3.85. The molecule has 0 spiro atoms. The number of carbonyl (C=O) groups excluding carboxylic acids is 2. The fraction of sp³-hybridized carbons (Fsp3) is 0.176. The minimum Gasteiger partial charge on any atom is -0.300 e. The normalized spacial score (nSPS) is 13.8. The zero-order valence-electron chi connectivity index (χ0n) is 11.8. The molecule has 1 aliphatic heterocycles. The molecular formula is C17H14FNO2. The first-order chi connectivity index (χ1) is 9.97. The second kappa shape index (κ2) is 4.81. The van der Waals surface area contributed by atoms with Gasteiger partial charge in [0, 0.05) is 0 Å². The Balaban J connectivity index is 1.98.